The van der Waals surface area contributed by atoms with Gasteiger partial charge < -0.3 is 4.74 Å². The second-order valence-electron chi connectivity index (χ2n) is 3.41. The molecule has 0 heterocycles. The number of para-hydroxylation sites is 1. The molecular formula is C19H30O. The molecule has 2 aromatic carbocycles. The Hall–Kier alpha value is -1.76. The highest BCUT2D eigenvalue weighted by molar-refractivity contribution is 5.32. The summed E-state index contributed by atoms with van der Waals surface area (Å²) in [7, 11) is 0. The Labute approximate surface area is 125 Å². The average molecular weight is 274 g/mol. The molecule has 1 nitrogen and oxygen atoms in total. The number of ether oxygens (including phenoxy) is 1. The zero-order chi connectivity index (χ0) is 14.5. The standard InChI is InChI=1S/C14H14O.2C2H6.CH4/c1-2-12-8-10-14(11-9-12)15-13-6-4-3-5-7-13;2*1-2;/h3-11H,2H2,1H3;2*1-2H3;1H4. The van der Waals surface area contributed by atoms with Crippen LogP contribution >= 0.6 is 0 Å². The van der Waals surface area contributed by atoms with Crippen LogP contribution in [0.2, 0.25) is 0 Å². The van der Waals surface area contributed by atoms with Crippen molar-refractivity contribution in [2.75, 3.05) is 0 Å². The number of aryl methyl sites for hydroxylation is 1. The Morgan fingerprint density at radius 2 is 1.15 bits per heavy atom. The molecule has 112 valence electrons. The van der Waals surface area contributed by atoms with Crippen molar-refractivity contribution in [2.24, 2.45) is 0 Å². The van der Waals surface area contributed by atoms with Gasteiger partial charge in [-0.2, -0.15) is 0 Å². The van der Waals surface area contributed by atoms with Gasteiger partial charge in [-0.25, -0.2) is 0 Å². The van der Waals surface area contributed by atoms with Gasteiger partial charge >= 0.3 is 0 Å². The highest BCUT2D eigenvalue weighted by Crippen LogP contribution is 2.20. The smallest absolute Gasteiger partial charge is 0.127 e. The van der Waals surface area contributed by atoms with Gasteiger partial charge in [-0.15, -0.1) is 0 Å². The van der Waals surface area contributed by atoms with Crippen LogP contribution in [0.5, 0.6) is 11.5 Å². The van der Waals surface area contributed by atoms with E-state index in [1.54, 1.807) is 0 Å². The Morgan fingerprint density at radius 1 is 0.700 bits per heavy atom. The van der Waals surface area contributed by atoms with E-state index in [9.17, 15) is 0 Å². The van der Waals surface area contributed by atoms with Gasteiger partial charge in [0.2, 0.25) is 0 Å². The number of hydrogen-bond donors (Lipinski definition) is 0. The van der Waals surface area contributed by atoms with Gasteiger partial charge in [-0.3, -0.25) is 0 Å². The third-order valence-corrected chi connectivity index (χ3v) is 2.31. The third-order valence-electron chi connectivity index (χ3n) is 2.31. The Bertz CT molecular complexity index is 404. The number of rotatable bonds is 3. The van der Waals surface area contributed by atoms with Gasteiger partial charge in [0, 0.05) is 0 Å². The molecule has 0 N–H and O–H groups in total. The van der Waals surface area contributed by atoms with Crippen molar-refractivity contribution in [3.8, 4) is 11.5 Å². The first kappa shape index (κ1) is 20.6. The molecule has 0 bridgehead atoms. The summed E-state index contributed by atoms with van der Waals surface area (Å²) in [6.07, 6.45) is 1.06. The van der Waals surface area contributed by atoms with Crippen LogP contribution in [-0.2, 0) is 6.42 Å². The van der Waals surface area contributed by atoms with Crippen LogP contribution in [0.4, 0.5) is 0 Å². The van der Waals surface area contributed by atoms with Gasteiger partial charge in [-0.1, -0.05) is 72.4 Å². The third kappa shape index (κ3) is 7.63. The minimum Gasteiger partial charge on any atom is -0.457 e. The lowest BCUT2D eigenvalue weighted by atomic mass is 10.2. The lowest BCUT2D eigenvalue weighted by Crippen LogP contribution is -1.84. The maximum Gasteiger partial charge on any atom is 0.127 e. The van der Waals surface area contributed by atoms with Crippen LogP contribution in [-0.4, -0.2) is 0 Å². The molecule has 0 saturated carbocycles. The molecule has 0 amide bonds. The molecule has 2 rings (SSSR count). The van der Waals surface area contributed by atoms with Gasteiger partial charge in [0.1, 0.15) is 11.5 Å². The summed E-state index contributed by atoms with van der Waals surface area (Å²) < 4.78 is 5.68. The van der Waals surface area contributed by atoms with Crippen LogP contribution in [0, 0.1) is 0 Å². The van der Waals surface area contributed by atoms with Crippen molar-refractivity contribution in [1.29, 1.82) is 0 Å². The van der Waals surface area contributed by atoms with E-state index in [1.165, 1.54) is 5.56 Å². The van der Waals surface area contributed by atoms with Crippen molar-refractivity contribution in [3.05, 3.63) is 60.2 Å². The zero-order valence-corrected chi connectivity index (χ0v) is 12.8. The molecule has 0 radical (unpaired) electrons. The first-order chi connectivity index (χ1) is 9.38. The Morgan fingerprint density at radius 3 is 1.60 bits per heavy atom. The van der Waals surface area contributed by atoms with Gasteiger partial charge in [-0.05, 0) is 36.2 Å². The normalized spacial score (nSPS) is 8.05. The predicted octanol–water partition coefficient (Wildman–Crippen LogP) is 6.73. The summed E-state index contributed by atoms with van der Waals surface area (Å²) in [5, 5.41) is 0. The van der Waals surface area contributed by atoms with E-state index in [1.807, 2.05) is 70.2 Å². The fraction of sp³-hybridized carbons (Fsp3) is 0.368. The van der Waals surface area contributed by atoms with E-state index in [-0.39, 0.29) is 7.43 Å². The van der Waals surface area contributed by atoms with E-state index >= 15 is 0 Å². The first-order valence-electron chi connectivity index (χ1n) is 7.20. The fourth-order valence-electron chi connectivity index (χ4n) is 1.42. The van der Waals surface area contributed by atoms with Crippen molar-refractivity contribution < 1.29 is 4.74 Å². The molecule has 0 spiro atoms. The number of benzene rings is 2. The molecule has 0 aliphatic rings. The highest BCUT2D eigenvalue weighted by atomic mass is 16.5. The molecule has 0 saturated heterocycles. The first-order valence-corrected chi connectivity index (χ1v) is 7.20. The van der Waals surface area contributed by atoms with E-state index in [4.69, 9.17) is 4.74 Å². The summed E-state index contributed by atoms with van der Waals surface area (Å²) in [5.74, 6) is 1.76. The zero-order valence-electron chi connectivity index (χ0n) is 12.8. The topological polar surface area (TPSA) is 9.23 Å². The van der Waals surface area contributed by atoms with Crippen molar-refractivity contribution in [2.45, 2.75) is 48.5 Å². The largest absolute Gasteiger partial charge is 0.457 e. The molecule has 0 aromatic heterocycles. The molecule has 1 heteroatoms. The minimum absolute atomic E-state index is 0. The lowest BCUT2D eigenvalue weighted by molar-refractivity contribution is 0.482. The lowest BCUT2D eigenvalue weighted by Gasteiger charge is -2.05. The molecule has 0 aliphatic heterocycles. The summed E-state index contributed by atoms with van der Waals surface area (Å²) in [5.41, 5.74) is 1.33. The van der Waals surface area contributed by atoms with E-state index < -0.39 is 0 Å². The van der Waals surface area contributed by atoms with E-state index in [0.717, 1.165) is 17.9 Å². The van der Waals surface area contributed by atoms with Crippen molar-refractivity contribution in [1.82, 2.24) is 0 Å². The van der Waals surface area contributed by atoms with Crippen LogP contribution in [0.25, 0.3) is 0 Å². The molecule has 0 fully saturated rings. The highest BCUT2D eigenvalue weighted by Gasteiger charge is 1.95. The summed E-state index contributed by atoms with van der Waals surface area (Å²) in [6.45, 7) is 10.1. The summed E-state index contributed by atoms with van der Waals surface area (Å²) >= 11 is 0. The molecule has 2 aromatic rings. The Kier molecular flexibility index (Phi) is 14.0. The molecule has 0 unspecified atom stereocenters. The summed E-state index contributed by atoms with van der Waals surface area (Å²) in [6, 6.07) is 18.0. The number of hydrogen-bond acceptors (Lipinski definition) is 1. The van der Waals surface area contributed by atoms with Crippen molar-refractivity contribution in [3.63, 3.8) is 0 Å². The van der Waals surface area contributed by atoms with Crippen LogP contribution in [0.3, 0.4) is 0 Å². The van der Waals surface area contributed by atoms with Crippen LogP contribution in [0.1, 0.15) is 47.6 Å². The molecule has 20 heavy (non-hydrogen) atoms. The van der Waals surface area contributed by atoms with Crippen LogP contribution in [0.15, 0.2) is 54.6 Å². The quantitative estimate of drug-likeness (QED) is 0.603. The second kappa shape index (κ2) is 13.7. The van der Waals surface area contributed by atoms with Gasteiger partial charge in [0.15, 0.2) is 0 Å². The molecule has 0 aliphatic carbocycles. The van der Waals surface area contributed by atoms with Gasteiger partial charge in [0.05, 0.1) is 0 Å². The fourth-order valence-corrected chi connectivity index (χ4v) is 1.42. The molecular weight excluding hydrogens is 244 g/mol. The van der Waals surface area contributed by atoms with E-state index in [0.29, 0.717) is 0 Å². The van der Waals surface area contributed by atoms with Crippen LogP contribution < -0.4 is 4.74 Å². The van der Waals surface area contributed by atoms with Gasteiger partial charge in [0.25, 0.3) is 0 Å². The average Bonchev–Trinajstić information content (AvgIpc) is 2.53. The second-order valence-corrected chi connectivity index (χ2v) is 3.41. The van der Waals surface area contributed by atoms with E-state index in [2.05, 4.69) is 19.1 Å². The SMILES string of the molecule is C.CC.CC.CCc1ccc(Oc2ccccc2)cc1. The minimum atomic E-state index is 0. The maximum atomic E-state index is 5.68. The van der Waals surface area contributed by atoms with Crippen molar-refractivity contribution >= 4 is 0 Å². The monoisotopic (exact) mass is 274 g/mol. The summed E-state index contributed by atoms with van der Waals surface area (Å²) in [4.78, 5) is 0. The maximum absolute atomic E-state index is 5.68. The predicted molar refractivity (Wildman–Crippen MR) is 91.8 cm³/mol. The molecule has 0 atom stereocenters. The Balaban J connectivity index is 0.